The van der Waals surface area contributed by atoms with Crippen LogP contribution in [0.15, 0.2) is 24.3 Å². The topological polar surface area (TPSA) is 35.5 Å². The molecule has 1 heterocycles. The van der Waals surface area contributed by atoms with Crippen LogP contribution in [0, 0.1) is 5.92 Å². The molecule has 0 saturated carbocycles. The quantitative estimate of drug-likeness (QED) is 0.582. The highest BCUT2D eigenvalue weighted by Crippen LogP contribution is 2.34. The van der Waals surface area contributed by atoms with Crippen molar-refractivity contribution >= 4 is 21.9 Å². The molecule has 1 aromatic rings. The third-order valence-corrected chi connectivity index (χ3v) is 4.54. The van der Waals surface area contributed by atoms with E-state index in [2.05, 4.69) is 40.2 Å². The molecule has 1 fully saturated rings. The van der Waals surface area contributed by atoms with Crippen molar-refractivity contribution < 1.29 is 14.3 Å². The fourth-order valence-electron chi connectivity index (χ4n) is 2.83. The van der Waals surface area contributed by atoms with Gasteiger partial charge in [-0.15, -0.1) is 0 Å². The standard InChI is InChI=1S/C18H25BrO3/c1-18(2,3)22-17(20)16(15-8-10-21-11-9-15)14-6-4-13(12-19)5-7-14/h4-7,15-16H,8-12H2,1-3H3. The Morgan fingerprint density at radius 3 is 2.36 bits per heavy atom. The van der Waals surface area contributed by atoms with Gasteiger partial charge in [-0.25, -0.2) is 0 Å². The third-order valence-electron chi connectivity index (χ3n) is 3.89. The second-order valence-electron chi connectivity index (χ2n) is 6.84. The number of hydrogen-bond acceptors (Lipinski definition) is 3. The largest absolute Gasteiger partial charge is 0.459 e. The lowest BCUT2D eigenvalue weighted by Gasteiger charge is -2.31. The van der Waals surface area contributed by atoms with Crippen molar-refractivity contribution in [2.24, 2.45) is 5.92 Å². The highest BCUT2D eigenvalue weighted by Gasteiger charge is 2.34. The predicted octanol–water partition coefficient (Wildman–Crippen LogP) is 4.43. The van der Waals surface area contributed by atoms with Crippen molar-refractivity contribution in [2.45, 2.75) is 50.5 Å². The molecule has 1 unspecified atom stereocenters. The first-order valence-electron chi connectivity index (χ1n) is 7.86. The molecule has 0 spiro atoms. The van der Waals surface area contributed by atoms with Crippen molar-refractivity contribution in [3.8, 4) is 0 Å². The van der Waals surface area contributed by atoms with Crippen LogP contribution in [0.1, 0.15) is 50.7 Å². The number of rotatable bonds is 4. The summed E-state index contributed by atoms with van der Waals surface area (Å²) in [7, 11) is 0. The summed E-state index contributed by atoms with van der Waals surface area (Å²) in [5.41, 5.74) is 1.79. The van der Waals surface area contributed by atoms with Crippen molar-refractivity contribution in [3.63, 3.8) is 0 Å². The van der Waals surface area contributed by atoms with E-state index in [1.165, 1.54) is 5.56 Å². The van der Waals surface area contributed by atoms with Crippen LogP contribution in [0.5, 0.6) is 0 Å². The van der Waals surface area contributed by atoms with Gasteiger partial charge in [0.1, 0.15) is 5.60 Å². The lowest BCUT2D eigenvalue weighted by atomic mass is 9.81. The molecular weight excluding hydrogens is 344 g/mol. The molecule has 0 radical (unpaired) electrons. The van der Waals surface area contributed by atoms with Gasteiger partial charge >= 0.3 is 5.97 Å². The molecule has 1 aliphatic rings. The molecule has 1 atom stereocenters. The molecule has 0 aliphatic carbocycles. The monoisotopic (exact) mass is 368 g/mol. The molecule has 0 N–H and O–H groups in total. The van der Waals surface area contributed by atoms with Gasteiger partial charge in [-0.3, -0.25) is 4.79 Å². The maximum atomic E-state index is 12.7. The van der Waals surface area contributed by atoms with E-state index in [1.807, 2.05) is 20.8 Å². The van der Waals surface area contributed by atoms with Gasteiger partial charge in [0, 0.05) is 18.5 Å². The predicted molar refractivity (Wildman–Crippen MR) is 91.2 cm³/mol. The average Bonchev–Trinajstić information content (AvgIpc) is 2.47. The number of benzene rings is 1. The maximum absolute atomic E-state index is 12.7. The van der Waals surface area contributed by atoms with Crippen LogP contribution in [0.3, 0.4) is 0 Å². The van der Waals surface area contributed by atoms with E-state index in [9.17, 15) is 4.79 Å². The van der Waals surface area contributed by atoms with E-state index < -0.39 is 5.60 Å². The Hall–Kier alpha value is -0.870. The van der Waals surface area contributed by atoms with Crippen LogP contribution in [0.4, 0.5) is 0 Å². The minimum absolute atomic E-state index is 0.119. The fraction of sp³-hybridized carbons (Fsp3) is 0.611. The Labute approximate surface area is 141 Å². The highest BCUT2D eigenvalue weighted by atomic mass is 79.9. The first kappa shape index (κ1) is 17.5. The zero-order valence-corrected chi connectivity index (χ0v) is 15.2. The summed E-state index contributed by atoms with van der Waals surface area (Å²) in [6.45, 7) is 7.20. The maximum Gasteiger partial charge on any atom is 0.314 e. The van der Waals surface area contributed by atoms with Crippen LogP contribution in [-0.2, 0) is 19.6 Å². The van der Waals surface area contributed by atoms with Crippen LogP contribution in [-0.4, -0.2) is 24.8 Å². The fourth-order valence-corrected chi connectivity index (χ4v) is 3.20. The third kappa shape index (κ3) is 4.82. The highest BCUT2D eigenvalue weighted by molar-refractivity contribution is 9.08. The number of carbonyl (C=O) groups excluding carboxylic acids is 1. The number of alkyl halides is 1. The van der Waals surface area contributed by atoms with Gasteiger partial charge in [0.05, 0.1) is 5.92 Å². The molecular formula is C18H25BrO3. The number of carbonyl (C=O) groups is 1. The van der Waals surface area contributed by atoms with Gasteiger partial charge in [0.25, 0.3) is 0 Å². The van der Waals surface area contributed by atoms with Gasteiger partial charge < -0.3 is 9.47 Å². The molecule has 0 aromatic heterocycles. The molecule has 1 aromatic carbocycles. The van der Waals surface area contributed by atoms with Crippen LogP contribution in [0.25, 0.3) is 0 Å². The Morgan fingerprint density at radius 1 is 1.27 bits per heavy atom. The summed E-state index contributed by atoms with van der Waals surface area (Å²) >= 11 is 3.46. The first-order chi connectivity index (χ1) is 10.4. The Balaban J connectivity index is 2.24. The first-order valence-corrected chi connectivity index (χ1v) is 8.98. The minimum Gasteiger partial charge on any atom is -0.459 e. The van der Waals surface area contributed by atoms with Crippen molar-refractivity contribution in [3.05, 3.63) is 35.4 Å². The summed E-state index contributed by atoms with van der Waals surface area (Å²) in [5.74, 6) is -0.0306. The molecule has 1 aliphatic heterocycles. The van der Waals surface area contributed by atoms with Crippen molar-refractivity contribution in [1.82, 2.24) is 0 Å². The van der Waals surface area contributed by atoms with Gasteiger partial charge in [-0.2, -0.15) is 0 Å². The minimum atomic E-state index is -0.462. The van der Waals surface area contributed by atoms with Gasteiger partial charge in [-0.1, -0.05) is 40.2 Å². The van der Waals surface area contributed by atoms with Crippen molar-refractivity contribution in [1.29, 1.82) is 0 Å². The number of halogens is 1. The summed E-state index contributed by atoms with van der Waals surface area (Å²) in [6, 6.07) is 8.25. The second-order valence-corrected chi connectivity index (χ2v) is 7.40. The van der Waals surface area contributed by atoms with E-state index in [-0.39, 0.29) is 11.9 Å². The lowest BCUT2D eigenvalue weighted by molar-refractivity contribution is -0.159. The van der Waals surface area contributed by atoms with E-state index in [0.717, 1.165) is 36.9 Å². The van der Waals surface area contributed by atoms with Gasteiger partial charge in [0.15, 0.2) is 0 Å². The molecule has 22 heavy (non-hydrogen) atoms. The Kier molecular flexibility index (Phi) is 6.04. The second kappa shape index (κ2) is 7.60. The smallest absolute Gasteiger partial charge is 0.314 e. The summed E-state index contributed by atoms with van der Waals surface area (Å²) < 4.78 is 11.1. The van der Waals surface area contributed by atoms with Crippen LogP contribution in [0.2, 0.25) is 0 Å². The summed E-state index contributed by atoms with van der Waals surface area (Å²) in [6.07, 6.45) is 1.81. The molecule has 0 amide bonds. The molecule has 4 heteroatoms. The molecule has 1 saturated heterocycles. The number of esters is 1. The van der Waals surface area contributed by atoms with Crippen LogP contribution >= 0.6 is 15.9 Å². The molecule has 0 bridgehead atoms. The SMILES string of the molecule is CC(C)(C)OC(=O)C(c1ccc(CBr)cc1)C1CCOCC1. The number of ether oxygens (including phenoxy) is 2. The summed E-state index contributed by atoms with van der Waals surface area (Å²) in [5, 5.41) is 0.821. The number of hydrogen-bond donors (Lipinski definition) is 0. The van der Waals surface area contributed by atoms with Gasteiger partial charge in [-0.05, 0) is 50.7 Å². The van der Waals surface area contributed by atoms with E-state index in [1.54, 1.807) is 0 Å². The van der Waals surface area contributed by atoms with E-state index in [4.69, 9.17) is 9.47 Å². The molecule has 2 rings (SSSR count). The molecule has 3 nitrogen and oxygen atoms in total. The van der Waals surface area contributed by atoms with Crippen molar-refractivity contribution in [2.75, 3.05) is 13.2 Å². The Morgan fingerprint density at radius 2 is 1.86 bits per heavy atom. The zero-order valence-electron chi connectivity index (χ0n) is 13.6. The zero-order chi connectivity index (χ0) is 16.2. The molecule has 122 valence electrons. The van der Waals surface area contributed by atoms with Crippen LogP contribution < -0.4 is 0 Å². The Bertz CT molecular complexity index is 484. The normalized spacial score (nSPS) is 18.0. The van der Waals surface area contributed by atoms with Gasteiger partial charge in [0.2, 0.25) is 0 Å². The lowest BCUT2D eigenvalue weighted by Crippen LogP contribution is -2.33. The van der Waals surface area contributed by atoms with E-state index in [0.29, 0.717) is 5.92 Å². The average molecular weight is 369 g/mol. The summed E-state index contributed by atoms with van der Waals surface area (Å²) in [4.78, 5) is 12.7. The van der Waals surface area contributed by atoms with E-state index >= 15 is 0 Å².